The van der Waals surface area contributed by atoms with Gasteiger partial charge in [-0.2, -0.15) is 0 Å². The Morgan fingerprint density at radius 2 is 1.89 bits per heavy atom. The van der Waals surface area contributed by atoms with Crippen LogP contribution in [0.1, 0.15) is 5.56 Å². The van der Waals surface area contributed by atoms with Crippen LogP contribution in [0, 0.1) is 0 Å². The van der Waals surface area contributed by atoms with Crippen molar-refractivity contribution in [3.8, 4) is 0 Å². The highest BCUT2D eigenvalue weighted by atomic mass is 79.9. The number of halogens is 2. The number of aromatic nitrogens is 1. The normalized spacial score (nSPS) is 10.3. The van der Waals surface area contributed by atoms with E-state index in [1.165, 1.54) is 5.56 Å². The van der Waals surface area contributed by atoms with Crippen molar-refractivity contribution < 1.29 is 0 Å². The molecule has 18 heavy (non-hydrogen) atoms. The van der Waals surface area contributed by atoms with E-state index in [4.69, 9.17) is 11.6 Å². The Bertz CT molecular complexity index is 473. The highest BCUT2D eigenvalue weighted by Crippen LogP contribution is 2.17. The van der Waals surface area contributed by atoms with Crippen molar-refractivity contribution in [1.29, 1.82) is 0 Å². The number of hydrogen-bond acceptors (Lipinski definition) is 2. The lowest BCUT2D eigenvalue weighted by Crippen LogP contribution is -2.25. The van der Waals surface area contributed by atoms with E-state index < -0.39 is 0 Å². The summed E-state index contributed by atoms with van der Waals surface area (Å²) in [5.41, 5.74) is 1.26. The smallest absolute Gasteiger partial charge is 0.128 e. The van der Waals surface area contributed by atoms with Crippen molar-refractivity contribution in [3.63, 3.8) is 0 Å². The average Bonchev–Trinajstić information content (AvgIpc) is 2.40. The zero-order valence-electron chi connectivity index (χ0n) is 9.89. The molecule has 0 unspecified atom stereocenters. The molecule has 0 spiro atoms. The second-order valence-corrected chi connectivity index (χ2v) is 5.22. The van der Waals surface area contributed by atoms with Gasteiger partial charge in [0.05, 0.1) is 0 Å². The molecule has 1 aromatic heterocycles. The molecule has 2 aromatic rings. The van der Waals surface area contributed by atoms with Crippen molar-refractivity contribution in [1.82, 2.24) is 4.98 Å². The summed E-state index contributed by atoms with van der Waals surface area (Å²) in [6, 6.07) is 14.3. The van der Waals surface area contributed by atoms with Gasteiger partial charge in [-0.05, 0) is 33.6 Å². The van der Waals surface area contributed by atoms with Gasteiger partial charge in [0.2, 0.25) is 0 Å². The first-order chi connectivity index (χ1) is 8.79. The third kappa shape index (κ3) is 3.72. The van der Waals surface area contributed by atoms with Crippen LogP contribution in [0.5, 0.6) is 0 Å². The summed E-state index contributed by atoms with van der Waals surface area (Å²) in [6.07, 6.45) is 1.81. The first-order valence-electron chi connectivity index (χ1n) is 5.76. The summed E-state index contributed by atoms with van der Waals surface area (Å²) in [6.45, 7) is 1.60. The van der Waals surface area contributed by atoms with Crippen molar-refractivity contribution >= 4 is 33.3 Å². The second kappa shape index (κ2) is 6.76. The molecule has 0 aliphatic rings. The summed E-state index contributed by atoms with van der Waals surface area (Å²) < 4.78 is 0.983. The fourth-order valence-electron chi connectivity index (χ4n) is 1.74. The third-order valence-electron chi connectivity index (χ3n) is 2.61. The van der Waals surface area contributed by atoms with Crippen LogP contribution in [0.4, 0.5) is 5.82 Å². The molecule has 0 atom stereocenters. The first-order valence-corrected chi connectivity index (χ1v) is 7.09. The molecule has 0 saturated carbocycles. The molecule has 0 aliphatic heterocycles. The minimum Gasteiger partial charge on any atom is -0.351 e. The van der Waals surface area contributed by atoms with E-state index >= 15 is 0 Å². The van der Waals surface area contributed by atoms with Crippen LogP contribution in [-0.4, -0.2) is 17.4 Å². The lowest BCUT2D eigenvalue weighted by molar-refractivity contribution is 0.816. The highest BCUT2D eigenvalue weighted by Gasteiger charge is 2.07. The topological polar surface area (TPSA) is 16.1 Å². The number of benzene rings is 1. The summed E-state index contributed by atoms with van der Waals surface area (Å²) in [4.78, 5) is 6.59. The van der Waals surface area contributed by atoms with Crippen molar-refractivity contribution in [2.75, 3.05) is 17.3 Å². The molecule has 2 nitrogen and oxygen atoms in total. The number of alkyl halides is 1. The van der Waals surface area contributed by atoms with Gasteiger partial charge in [0.25, 0.3) is 0 Å². The molecule has 0 radical (unpaired) electrons. The van der Waals surface area contributed by atoms with Gasteiger partial charge in [0.1, 0.15) is 5.82 Å². The van der Waals surface area contributed by atoms with Crippen molar-refractivity contribution in [3.05, 3.63) is 58.7 Å². The number of nitrogens with zero attached hydrogens (tertiary/aromatic N) is 2. The molecule has 0 fully saturated rings. The molecule has 94 valence electrons. The molecule has 4 heteroatoms. The van der Waals surface area contributed by atoms with E-state index in [2.05, 4.69) is 37.9 Å². The second-order valence-electron chi connectivity index (χ2n) is 3.93. The summed E-state index contributed by atoms with van der Waals surface area (Å²) in [5.74, 6) is 1.53. The van der Waals surface area contributed by atoms with Crippen LogP contribution < -0.4 is 4.90 Å². The summed E-state index contributed by atoms with van der Waals surface area (Å²) >= 11 is 9.26. The van der Waals surface area contributed by atoms with Crippen LogP contribution in [0.15, 0.2) is 53.1 Å². The van der Waals surface area contributed by atoms with Gasteiger partial charge in [-0.15, -0.1) is 11.6 Å². The minimum atomic E-state index is 0.588. The maximum Gasteiger partial charge on any atom is 0.128 e. The zero-order chi connectivity index (χ0) is 12.8. The first kappa shape index (κ1) is 13.4. The van der Waals surface area contributed by atoms with Gasteiger partial charge >= 0.3 is 0 Å². The molecule has 0 saturated heterocycles. The average molecular weight is 326 g/mol. The van der Waals surface area contributed by atoms with Crippen molar-refractivity contribution in [2.24, 2.45) is 0 Å². The summed E-state index contributed by atoms with van der Waals surface area (Å²) in [7, 11) is 0. The zero-order valence-corrected chi connectivity index (χ0v) is 12.2. The van der Waals surface area contributed by atoms with Crippen molar-refractivity contribution in [2.45, 2.75) is 6.54 Å². The molecule has 0 aliphatic carbocycles. The maximum absolute atomic E-state index is 5.86. The Kier molecular flexibility index (Phi) is 5.02. The van der Waals surface area contributed by atoms with Crippen LogP contribution in [0.2, 0.25) is 0 Å². The number of anilines is 1. The molecule has 2 rings (SSSR count). The molecular weight excluding hydrogens is 312 g/mol. The maximum atomic E-state index is 5.86. The predicted octanol–water partition coefficient (Wildman–Crippen LogP) is 4.09. The Morgan fingerprint density at radius 3 is 2.50 bits per heavy atom. The largest absolute Gasteiger partial charge is 0.351 e. The van der Waals surface area contributed by atoms with Gasteiger partial charge in [-0.3, -0.25) is 0 Å². The molecule has 0 amide bonds. The third-order valence-corrected chi connectivity index (χ3v) is 3.24. The fourth-order valence-corrected chi connectivity index (χ4v) is 2.17. The number of pyridine rings is 1. The van der Waals surface area contributed by atoms with Gasteiger partial charge in [0, 0.05) is 29.6 Å². The minimum absolute atomic E-state index is 0.588. The lowest BCUT2D eigenvalue weighted by Gasteiger charge is -2.22. The van der Waals surface area contributed by atoms with E-state index in [-0.39, 0.29) is 0 Å². The van der Waals surface area contributed by atoms with Gasteiger partial charge in [-0.1, -0.05) is 30.3 Å². The number of rotatable bonds is 5. The lowest BCUT2D eigenvalue weighted by atomic mass is 10.2. The van der Waals surface area contributed by atoms with Crippen LogP contribution in [-0.2, 0) is 6.54 Å². The number of hydrogen-bond donors (Lipinski definition) is 0. The quantitative estimate of drug-likeness (QED) is 0.770. The monoisotopic (exact) mass is 324 g/mol. The summed E-state index contributed by atoms with van der Waals surface area (Å²) in [5, 5.41) is 0. The van der Waals surface area contributed by atoms with E-state index in [0.29, 0.717) is 5.88 Å². The van der Waals surface area contributed by atoms with Gasteiger partial charge in [-0.25, -0.2) is 4.98 Å². The molecular formula is C14H14BrClN2. The Morgan fingerprint density at radius 1 is 1.11 bits per heavy atom. The molecule has 0 N–H and O–H groups in total. The van der Waals surface area contributed by atoms with E-state index in [9.17, 15) is 0 Å². The Balaban J connectivity index is 2.15. The molecule has 1 heterocycles. The van der Waals surface area contributed by atoms with E-state index in [1.54, 1.807) is 0 Å². The van der Waals surface area contributed by atoms with E-state index in [0.717, 1.165) is 23.4 Å². The SMILES string of the molecule is ClCCN(Cc1ccccc1)c1ccc(Br)cn1. The van der Waals surface area contributed by atoms with Crippen LogP contribution >= 0.6 is 27.5 Å². The van der Waals surface area contributed by atoms with Crippen LogP contribution in [0.3, 0.4) is 0 Å². The Hall–Kier alpha value is -1.06. The fraction of sp³-hybridized carbons (Fsp3) is 0.214. The van der Waals surface area contributed by atoms with Gasteiger partial charge < -0.3 is 4.90 Å². The molecule has 0 bridgehead atoms. The Labute approximate surface area is 121 Å². The standard InChI is InChI=1S/C14H14BrClN2/c15-13-6-7-14(17-10-13)18(9-8-16)11-12-4-2-1-3-5-12/h1-7,10H,8-9,11H2. The van der Waals surface area contributed by atoms with Gasteiger partial charge in [0.15, 0.2) is 0 Å². The van der Waals surface area contributed by atoms with Crippen LogP contribution in [0.25, 0.3) is 0 Å². The highest BCUT2D eigenvalue weighted by molar-refractivity contribution is 9.10. The predicted molar refractivity (Wildman–Crippen MR) is 80.1 cm³/mol. The molecule has 1 aromatic carbocycles. The van der Waals surface area contributed by atoms with E-state index in [1.807, 2.05) is 36.5 Å².